The van der Waals surface area contributed by atoms with Crippen molar-refractivity contribution >= 4 is 17.7 Å². The molecule has 3 aliphatic rings. The van der Waals surface area contributed by atoms with Gasteiger partial charge in [0, 0.05) is 48.1 Å². The van der Waals surface area contributed by atoms with Gasteiger partial charge >= 0.3 is 6.09 Å². The third kappa shape index (κ3) is 3.30. The van der Waals surface area contributed by atoms with E-state index in [-0.39, 0.29) is 23.6 Å². The van der Waals surface area contributed by atoms with Crippen molar-refractivity contribution in [2.75, 3.05) is 25.0 Å². The molecule has 1 aliphatic carbocycles. The van der Waals surface area contributed by atoms with E-state index in [9.17, 15) is 9.59 Å². The van der Waals surface area contributed by atoms with Crippen LogP contribution >= 0.6 is 0 Å². The average Bonchev–Trinajstić information content (AvgIpc) is 3.27. The van der Waals surface area contributed by atoms with Crippen molar-refractivity contribution in [1.29, 1.82) is 0 Å². The molecule has 2 amide bonds. The SMILES string of the molecule is CC1(CC(N)=O)CCc2ncnc(OC(=O)N3CCC4(CC3)CNc3ccccc34)c21. The van der Waals surface area contributed by atoms with Gasteiger partial charge in [0.05, 0.1) is 5.69 Å². The third-order valence-electron chi connectivity index (χ3n) is 7.25. The highest BCUT2D eigenvalue weighted by Gasteiger charge is 2.44. The summed E-state index contributed by atoms with van der Waals surface area (Å²) in [5.74, 6) is -0.132. The molecular formula is C23H27N5O3. The first-order valence-electron chi connectivity index (χ1n) is 10.8. The van der Waals surface area contributed by atoms with Crippen LogP contribution in [0.2, 0.25) is 0 Å². The quantitative estimate of drug-likeness (QED) is 0.788. The van der Waals surface area contributed by atoms with Gasteiger partial charge in [-0.15, -0.1) is 0 Å². The molecule has 162 valence electrons. The summed E-state index contributed by atoms with van der Waals surface area (Å²) in [5.41, 5.74) is 9.15. The van der Waals surface area contributed by atoms with Gasteiger partial charge in [-0.05, 0) is 37.3 Å². The molecule has 1 aromatic carbocycles. The molecule has 1 unspecified atom stereocenters. The molecular weight excluding hydrogens is 394 g/mol. The van der Waals surface area contributed by atoms with Gasteiger partial charge in [0.25, 0.3) is 0 Å². The minimum atomic E-state index is -0.511. The Morgan fingerprint density at radius 1 is 1.19 bits per heavy atom. The first kappa shape index (κ1) is 19.8. The van der Waals surface area contributed by atoms with Crippen LogP contribution in [0.5, 0.6) is 5.88 Å². The molecule has 8 nitrogen and oxygen atoms in total. The highest BCUT2D eigenvalue weighted by Crippen LogP contribution is 2.45. The summed E-state index contributed by atoms with van der Waals surface area (Å²) in [5, 5.41) is 3.51. The number of hydrogen-bond acceptors (Lipinski definition) is 6. The van der Waals surface area contributed by atoms with E-state index in [4.69, 9.17) is 10.5 Å². The first-order chi connectivity index (χ1) is 14.9. The number of nitrogens with one attached hydrogen (secondary N) is 1. The maximum Gasteiger partial charge on any atom is 0.416 e. The number of aromatic nitrogens is 2. The van der Waals surface area contributed by atoms with E-state index in [1.54, 1.807) is 4.90 Å². The van der Waals surface area contributed by atoms with Crippen molar-refractivity contribution in [3.8, 4) is 5.88 Å². The number of nitrogens with zero attached hydrogens (tertiary/aromatic N) is 3. The molecule has 1 atom stereocenters. The molecule has 2 aliphatic heterocycles. The van der Waals surface area contributed by atoms with Gasteiger partial charge in [0.1, 0.15) is 6.33 Å². The Hall–Kier alpha value is -3.16. The summed E-state index contributed by atoms with van der Waals surface area (Å²) >= 11 is 0. The molecule has 31 heavy (non-hydrogen) atoms. The number of carbonyl (C=O) groups is 2. The van der Waals surface area contributed by atoms with Gasteiger partial charge in [0.2, 0.25) is 11.8 Å². The fraction of sp³-hybridized carbons (Fsp3) is 0.478. The predicted molar refractivity (Wildman–Crippen MR) is 115 cm³/mol. The molecule has 1 saturated heterocycles. The molecule has 2 aromatic rings. The number of likely N-dealkylation sites (tertiary alicyclic amines) is 1. The highest BCUT2D eigenvalue weighted by atomic mass is 16.6. The standard InChI is InChI=1S/C23H27N5O3/c1-22(12-18(24)29)7-6-17-19(22)20(27-14-26-17)31-21(30)28-10-8-23(9-11-28)13-25-16-5-3-2-4-15(16)23/h2-5,14,25H,6-13H2,1H3,(H2,24,29). The second-order valence-corrected chi connectivity index (χ2v) is 9.24. The lowest BCUT2D eigenvalue weighted by molar-refractivity contribution is -0.119. The lowest BCUT2D eigenvalue weighted by atomic mass is 9.74. The summed E-state index contributed by atoms with van der Waals surface area (Å²) in [4.78, 5) is 34.9. The van der Waals surface area contributed by atoms with Crippen molar-refractivity contribution in [1.82, 2.24) is 14.9 Å². The lowest BCUT2D eigenvalue weighted by Gasteiger charge is -2.38. The topological polar surface area (TPSA) is 110 Å². The van der Waals surface area contributed by atoms with E-state index in [2.05, 4.69) is 33.5 Å². The maximum absolute atomic E-state index is 13.0. The zero-order valence-corrected chi connectivity index (χ0v) is 17.7. The fourth-order valence-corrected chi connectivity index (χ4v) is 5.53. The van der Waals surface area contributed by atoms with Crippen LogP contribution in [-0.2, 0) is 22.0 Å². The van der Waals surface area contributed by atoms with Crippen molar-refractivity contribution in [3.63, 3.8) is 0 Å². The van der Waals surface area contributed by atoms with Gasteiger partial charge in [-0.2, -0.15) is 0 Å². The van der Waals surface area contributed by atoms with Crippen molar-refractivity contribution < 1.29 is 14.3 Å². The van der Waals surface area contributed by atoms with Crippen LogP contribution in [0.15, 0.2) is 30.6 Å². The van der Waals surface area contributed by atoms with Gasteiger partial charge in [-0.1, -0.05) is 25.1 Å². The maximum atomic E-state index is 13.0. The van der Waals surface area contributed by atoms with E-state index in [1.807, 2.05) is 13.0 Å². The summed E-state index contributed by atoms with van der Waals surface area (Å²) in [6, 6.07) is 8.42. The van der Waals surface area contributed by atoms with Crippen LogP contribution in [0.4, 0.5) is 10.5 Å². The van der Waals surface area contributed by atoms with Crippen LogP contribution < -0.4 is 15.8 Å². The molecule has 0 bridgehead atoms. The Kier molecular flexibility index (Phi) is 4.60. The smallest absolute Gasteiger partial charge is 0.391 e. The molecule has 0 radical (unpaired) electrons. The first-order valence-corrected chi connectivity index (χ1v) is 10.8. The van der Waals surface area contributed by atoms with E-state index >= 15 is 0 Å². The van der Waals surface area contributed by atoms with Gasteiger partial charge in [0.15, 0.2) is 0 Å². The molecule has 5 rings (SSSR count). The normalized spacial score (nSPS) is 23.2. The zero-order chi connectivity index (χ0) is 21.6. The third-order valence-corrected chi connectivity index (χ3v) is 7.25. The average molecular weight is 422 g/mol. The second-order valence-electron chi connectivity index (χ2n) is 9.24. The number of primary amides is 1. The molecule has 3 N–H and O–H groups in total. The van der Waals surface area contributed by atoms with Crippen molar-refractivity contribution in [2.24, 2.45) is 5.73 Å². The lowest BCUT2D eigenvalue weighted by Crippen LogP contribution is -2.47. The summed E-state index contributed by atoms with van der Waals surface area (Å²) in [6.45, 7) is 4.11. The molecule has 1 spiro atoms. The number of ether oxygens (including phenoxy) is 1. The molecule has 1 aromatic heterocycles. The number of fused-ring (bicyclic) bond motifs is 3. The largest absolute Gasteiger partial charge is 0.416 e. The Balaban J connectivity index is 1.31. The number of piperidine rings is 1. The van der Waals surface area contributed by atoms with E-state index in [0.717, 1.165) is 37.1 Å². The molecule has 0 saturated carbocycles. The van der Waals surface area contributed by atoms with Crippen LogP contribution in [0.1, 0.15) is 49.4 Å². The monoisotopic (exact) mass is 421 g/mol. The Morgan fingerprint density at radius 3 is 2.74 bits per heavy atom. The number of anilines is 1. The van der Waals surface area contributed by atoms with Crippen molar-refractivity contribution in [3.05, 3.63) is 47.4 Å². The number of amides is 2. The molecule has 1 fully saturated rings. The number of carbonyl (C=O) groups excluding carboxylic acids is 2. The van der Waals surface area contributed by atoms with Gasteiger partial charge in [-0.25, -0.2) is 14.8 Å². The van der Waals surface area contributed by atoms with Crippen LogP contribution in [0, 0.1) is 0 Å². The number of para-hydroxylation sites is 1. The van der Waals surface area contributed by atoms with Gasteiger partial charge < -0.3 is 20.7 Å². The van der Waals surface area contributed by atoms with E-state index in [1.165, 1.54) is 17.6 Å². The van der Waals surface area contributed by atoms with Crippen LogP contribution in [0.25, 0.3) is 0 Å². The van der Waals surface area contributed by atoms with E-state index in [0.29, 0.717) is 19.5 Å². The summed E-state index contributed by atoms with van der Waals surface area (Å²) < 4.78 is 5.76. The number of rotatable bonds is 3. The predicted octanol–water partition coefficient (Wildman–Crippen LogP) is 2.51. The van der Waals surface area contributed by atoms with Crippen molar-refractivity contribution in [2.45, 2.75) is 49.9 Å². The fourth-order valence-electron chi connectivity index (χ4n) is 5.53. The number of hydrogen-bond donors (Lipinski definition) is 2. The number of nitrogens with two attached hydrogens (primary N) is 1. The minimum Gasteiger partial charge on any atom is -0.391 e. The van der Waals surface area contributed by atoms with Crippen LogP contribution in [0.3, 0.4) is 0 Å². The minimum absolute atomic E-state index is 0.0730. The number of aryl methyl sites for hydroxylation is 1. The highest BCUT2D eigenvalue weighted by molar-refractivity contribution is 5.76. The van der Waals surface area contributed by atoms with Crippen LogP contribution in [-0.4, -0.2) is 46.5 Å². The van der Waals surface area contributed by atoms with E-state index < -0.39 is 11.5 Å². The Morgan fingerprint density at radius 2 is 1.97 bits per heavy atom. The zero-order valence-electron chi connectivity index (χ0n) is 17.7. The van der Waals surface area contributed by atoms with Gasteiger partial charge in [-0.3, -0.25) is 4.79 Å². The molecule has 3 heterocycles. The summed E-state index contributed by atoms with van der Waals surface area (Å²) in [7, 11) is 0. The Labute approximate surface area is 181 Å². The summed E-state index contributed by atoms with van der Waals surface area (Å²) in [6.07, 6.45) is 4.40. The number of benzene rings is 1. The Bertz CT molecular complexity index is 1050. The second kappa shape index (κ2) is 7.21. The molecule has 8 heteroatoms.